The van der Waals surface area contributed by atoms with Crippen LogP contribution in [0.15, 0.2) is 54.6 Å². The van der Waals surface area contributed by atoms with Crippen LogP contribution in [0.2, 0.25) is 0 Å². The summed E-state index contributed by atoms with van der Waals surface area (Å²) in [4.78, 5) is 49.1. The average molecular weight is 517 g/mol. The molecular weight excluding hydrogens is 495 g/mol. The fourth-order valence-electron chi connectivity index (χ4n) is 3.56. The zero-order valence-electron chi connectivity index (χ0n) is 19.7. The molecule has 37 heavy (non-hydrogen) atoms. The van der Waals surface area contributed by atoms with Crippen LogP contribution in [0.1, 0.15) is 23.7 Å². The van der Waals surface area contributed by atoms with Crippen LogP contribution in [-0.2, 0) is 27.4 Å². The zero-order chi connectivity index (χ0) is 27.4. The highest BCUT2D eigenvalue weighted by molar-refractivity contribution is 6.19. The molecule has 4 rings (SSSR count). The van der Waals surface area contributed by atoms with Crippen LogP contribution in [0.25, 0.3) is 10.9 Å². The van der Waals surface area contributed by atoms with Gasteiger partial charge in [0.1, 0.15) is 17.8 Å². The molecule has 1 aromatic heterocycles. The van der Waals surface area contributed by atoms with Crippen LogP contribution < -0.4 is 15.4 Å². The predicted molar refractivity (Wildman–Crippen MR) is 124 cm³/mol. The lowest BCUT2D eigenvalue weighted by Crippen LogP contribution is -2.62. The van der Waals surface area contributed by atoms with Gasteiger partial charge in [0.2, 0.25) is 11.8 Å². The molecule has 3 N–H and O–H groups in total. The van der Waals surface area contributed by atoms with Crippen molar-refractivity contribution in [2.45, 2.75) is 33.1 Å². The Hall–Kier alpha value is -4.48. The van der Waals surface area contributed by atoms with E-state index in [-0.39, 0.29) is 6.42 Å². The molecule has 12 heteroatoms. The van der Waals surface area contributed by atoms with E-state index in [9.17, 15) is 27.6 Å². The highest BCUT2D eigenvalue weighted by Gasteiger charge is 2.46. The largest absolute Gasteiger partial charge is 0.490 e. The van der Waals surface area contributed by atoms with Crippen LogP contribution in [0.5, 0.6) is 5.75 Å². The first-order valence-electron chi connectivity index (χ1n) is 10.8. The van der Waals surface area contributed by atoms with Crippen LogP contribution in [0.3, 0.4) is 0 Å². The van der Waals surface area contributed by atoms with Crippen LogP contribution in [0, 0.1) is 12.3 Å². The monoisotopic (exact) mass is 517 g/mol. The smallest absolute Gasteiger partial charge is 0.489 e. The summed E-state index contributed by atoms with van der Waals surface area (Å²) in [6.07, 6.45) is -4.91. The Bertz CT molecular complexity index is 1340. The van der Waals surface area contributed by atoms with Gasteiger partial charge >= 0.3 is 18.2 Å². The normalized spacial score (nSPS) is 14.8. The summed E-state index contributed by atoms with van der Waals surface area (Å²) in [5, 5.41) is 12.5. The Labute approximate surface area is 208 Å². The number of carboxylic acid groups (broad SMARTS) is 1. The van der Waals surface area contributed by atoms with Gasteiger partial charge in [-0.3, -0.25) is 25.2 Å². The molecule has 9 nitrogen and oxygen atoms in total. The number of hydrogen-bond donors (Lipinski definition) is 3. The Morgan fingerprint density at radius 1 is 1.03 bits per heavy atom. The number of ether oxygens (including phenoxy) is 1. The van der Waals surface area contributed by atoms with Crippen molar-refractivity contribution in [2.75, 3.05) is 0 Å². The fraction of sp³-hybridized carbons (Fsp3) is 0.240. The van der Waals surface area contributed by atoms with Gasteiger partial charge in [0.25, 0.3) is 0 Å². The molecule has 2 heterocycles. The molecule has 1 fully saturated rings. The minimum absolute atomic E-state index is 0.173. The second kappa shape index (κ2) is 10.6. The Balaban J connectivity index is 0.000000479. The van der Waals surface area contributed by atoms with Crippen molar-refractivity contribution in [3.05, 3.63) is 71.4 Å². The zero-order valence-corrected chi connectivity index (χ0v) is 19.7. The quantitative estimate of drug-likeness (QED) is 0.440. The molecule has 0 bridgehead atoms. The number of fused-ring (bicyclic) bond motifs is 1. The Morgan fingerprint density at radius 2 is 1.59 bits per heavy atom. The molecular formula is C25H22F3N3O6. The van der Waals surface area contributed by atoms with Crippen molar-refractivity contribution in [3.63, 3.8) is 0 Å². The topological polar surface area (TPSA) is 135 Å². The minimum Gasteiger partial charge on any atom is -0.489 e. The number of barbiturate groups is 1. The second-order valence-corrected chi connectivity index (χ2v) is 8.42. The third kappa shape index (κ3) is 6.60. The van der Waals surface area contributed by atoms with Crippen LogP contribution in [-0.4, -0.2) is 40.1 Å². The molecule has 194 valence electrons. The summed E-state index contributed by atoms with van der Waals surface area (Å²) < 4.78 is 37.7. The molecule has 0 spiro atoms. The van der Waals surface area contributed by atoms with E-state index in [1.807, 2.05) is 49.4 Å². The molecule has 2 aromatic carbocycles. The van der Waals surface area contributed by atoms with E-state index in [4.69, 9.17) is 14.6 Å². The number of nitrogens with zero attached hydrogens (tertiary/aromatic N) is 1. The number of aromatic nitrogens is 1. The number of nitrogens with one attached hydrogen (secondary N) is 2. The summed E-state index contributed by atoms with van der Waals surface area (Å²) >= 11 is 0. The van der Waals surface area contributed by atoms with Crippen LogP contribution >= 0.6 is 0 Å². The SMILES string of the molecule is Cc1cc(COc2ccc(CC3(C)C(=O)NC(=O)NC3=O)cc2)c2ccccc2n1.O=C(O)C(F)(F)F. The molecule has 0 saturated carbocycles. The summed E-state index contributed by atoms with van der Waals surface area (Å²) in [5.74, 6) is -3.28. The van der Waals surface area contributed by atoms with Gasteiger partial charge < -0.3 is 9.84 Å². The maximum atomic E-state index is 12.2. The standard InChI is InChI=1S/C23H21N3O4.C2HF3O2/c1-14-11-16(18-5-3-4-6-19(18)24-14)13-30-17-9-7-15(8-10-17)12-23(2)20(27)25-22(29)26-21(23)28;3-2(4,5)1(6)7/h3-11H,12-13H2,1-2H3,(H2,25,26,27,28,29);(H,6,7). The number of amides is 4. The van der Waals surface area contributed by atoms with E-state index in [1.165, 1.54) is 6.92 Å². The van der Waals surface area contributed by atoms with Crippen molar-refractivity contribution in [2.24, 2.45) is 5.41 Å². The second-order valence-electron chi connectivity index (χ2n) is 8.42. The van der Waals surface area contributed by atoms with E-state index < -0.39 is 35.4 Å². The molecule has 3 aromatic rings. The number of imide groups is 2. The Morgan fingerprint density at radius 3 is 2.16 bits per heavy atom. The maximum Gasteiger partial charge on any atom is 0.490 e. The fourth-order valence-corrected chi connectivity index (χ4v) is 3.56. The van der Waals surface area contributed by atoms with E-state index >= 15 is 0 Å². The van der Waals surface area contributed by atoms with E-state index in [0.29, 0.717) is 12.4 Å². The summed E-state index contributed by atoms with van der Waals surface area (Å²) in [6.45, 7) is 3.87. The maximum absolute atomic E-state index is 12.2. The summed E-state index contributed by atoms with van der Waals surface area (Å²) in [7, 11) is 0. The number of carbonyl (C=O) groups excluding carboxylic acids is 3. The van der Waals surface area contributed by atoms with E-state index in [2.05, 4.69) is 15.6 Å². The predicted octanol–water partition coefficient (Wildman–Crippen LogP) is 3.67. The number of carboxylic acids is 1. The molecule has 4 amide bonds. The lowest BCUT2D eigenvalue weighted by molar-refractivity contribution is -0.192. The number of urea groups is 1. The van der Waals surface area contributed by atoms with Crippen molar-refractivity contribution < 1.29 is 42.2 Å². The van der Waals surface area contributed by atoms with Crippen molar-refractivity contribution in [1.29, 1.82) is 0 Å². The summed E-state index contributed by atoms with van der Waals surface area (Å²) in [6, 6.07) is 16.4. The molecule has 0 radical (unpaired) electrons. The number of pyridine rings is 1. The third-order valence-corrected chi connectivity index (χ3v) is 5.50. The number of carbonyl (C=O) groups is 4. The van der Waals surface area contributed by atoms with Crippen molar-refractivity contribution in [3.8, 4) is 5.75 Å². The highest BCUT2D eigenvalue weighted by atomic mass is 19.4. The number of aryl methyl sites for hydroxylation is 1. The van der Waals surface area contributed by atoms with Gasteiger partial charge in [0.05, 0.1) is 5.52 Å². The molecule has 0 unspecified atom stereocenters. The Kier molecular flexibility index (Phi) is 7.80. The first-order valence-corrected chi connectivity index (χ1v) is 10.8. The molecule has 1 aliphatic heterocycles. The van der Waals surface area contributed by atoms with E-state index in [1.54, 1.807) is 12.1 Å². The van der Waals surface area contributed by atoms with Gasteiger partial charge in [0, 0.05) is 16.6 Å². The number of alkyl halides is 3. The highest BCUT2D eigenvalue weighted by Crippen LogP contribution is 2.27. The number of aliphatic carboxylic acids is 1. The van der Waals surface area contributed by atoms with Gasteiger partial charge in [0.15, 0.2) is 0 Å². The van der Waals surface area contributed by atoms with Gasteiger partial charge in [-0.2, -0.15) is 13.2 Å². The average Bonchev–Trinajstić information content (AvgIpc) is 2.82. The number of para-hydroxylation sites is 1. The first kappa shape index (κ1) is 27.1. The van der Waals surface area contributed by atoms with Gasteiger partial charge in [-0.25, -0.2) is 9.59 Å². The number of halogens is 3. The van der Waals surface area contributed by atoms with Gasteiger partial charge in [-0.15, -0.1) is 0 Å². The lowest BCUT2D eigenvalue weighted by Gasteiger charge is -2.30. The first-order chi connectivity index (χ1) is 17.3. The number of rotatable bonds is 5. The molecule has 0 atom stereocenters. The van der Waals surface area contributed by atoms with Crippen LogP contribution in [0.4, 0.5) is 18.0 Å². The molecule has 1 aliphatic rings. The van der Waals surface area contributed by atoms with E-state index in [0.717, 1.165) is 27.7 Å². The third-order valence-electron chi connectivity index (χ3n) is 5.50. The number of hydrogen-bond acceptors (Lipinski definition) is 6. The minimum atomic E-state index is -5.08. The molecule has 1 saturated heterocycles. The molecule has 0 aliphatic carbocycles. The lowest BCUT2D eigenvalue weighted by atomic mass is 9.80. The number of benzene rings is 2. The van der Waals surface area contributed by atoms with Crippen molar-refractivity contribution in [1.82, 2.24) is 15.6 Å². The van der Waals surface area contributed by atoms with Gasteiger partial charge in [-0.1, -0.05) is 30.3 Å². The van der Waals surface area contributed by atoms with Crippen molar-refractivity contribution >= 4 is 34.7 Å². The van der Waals surface area contributed by atoms with Gasteiger partial charge in [-0.05, 0) is 50.1 Å². The summed E-state index contributed by atoms with van der Waals surface area (Å²) in [5.41, 5.74) is 2.36.